The maximum Gasteiger partial charge on any atom is 0.369 e. The van der Waals surface area contributed by atoms with Crippen molar-refractivity contribution >= 4 is 11.5 Å². The van der Waals surface area contributed by atoms with Gasteiger partial charge in [-0.25, -0.2) is 8.78 Å². The lowest BCUT2D eigenvalue weighted by molar-refractivity contribution is -0.389. The van der Waals surface area contributed by atoms with Crippen molar-refractivity contribution in [3.05, 3.63) is 21.7 Å². The number of pyridine rings is 1. The van der Waals surface area contributed by atoms with E-state index in [1.165, 1.54) is 0 Å². The average molecular weight is 219 g/mol. The van der Waals surface area contributed by atoms with Crippen LogP contribution >= 0.6 is 0 Å². The molecule has 0 saturated heterocycles. The van der Waals surface area contributed by atoms with E-state index in [2.05, 4.69) is 9.72 Å². The molecule has 15 heavy (non-hydrogen) atoms. The third-order valence-electron chi connectivity index (χ3n) is 1.64. The number of nitro groups is 1. The minimum absolute atomic E-state index is 0.413. The fourth-order valence-electron chi connectivity index (χ4n) is 1.01. The number of halogens is 2. The number of nitrogens with two attached hydrogens (primary N) is 1. The molecule has 0 aliphatic rings. The number of nitrogen functional groups attached to an aromatic ring is 1. The van der Waals surface area contributed by atoms with Gasteiger partial charge in [0, 0.05) is 4.98 Å². The molecular formula is C7H7F2N3O3. The largest absolute Gasteiger partial charge is 0.462 e. The zero-order valence-electron chi connectivity index (χ0n) is 7.61. The number of rotatable bonds is 3. The number of ether oxygens (including phenoxy) is 1. The molecule has 0 spiro atoms. The van der Waals surface area contributed by atoms with Gasteiger partial charge in [0.05, 0.1) is 18.9 Å². The average Bonchev–Trinajstić information content (AvgIpc) is 2.15. The molecule has 2 N–H and O–H groups in total. The highest BCUT2D eigenvalue weighted by atomic mass is 19.3. The molecule has 0 atom stereocenters. The maximum absolute atomic E-state index is 12.4. The summed E-state index contributed by atoms with van der Waals surface area (Å²) < 4.78 is 29.4. The van der Waals surface area contributed by atoms with E-state index in [9.17, 15) is 18.9 Å². The lowest BCUT2D eigenvalue weighted by Gasteiger charge is -2.05. The Kier molecular flexibility index (Phi) is 2.98. The van der Waals surface area contributed by atoms with Gasteiger partial charge in [-0.3, -0.25) is 0 Å². The number of hydrogen-bond donors (Lipinski definition) is 1. The molecule has 1 heterocycles. The first kappa shape index (κ1) is 11.1. The predicted molar refractivity (Wildman–Crippen MR) is 46.8 cm³/mol. The molecule has 8 heteroatoms. The Bertz CT molecular complexity index is 397. The van der Waals surface area contributed by atoms with Crippen molar-refractivity contribution in [1.82, 2.24) is 4.98 Å². The van der Waals surface area contributed by atoms with Crippen LogP contribution in [0.15, 0.2) is 6.07 Å². The SMILES string of the molecule is COc1nc([N+](=O)[O-])cc(N)c1C(F)F. The Morgan fingerprint density at radius 2 is 2.27 bits per heavy atom. The zero-order chi connectivity index (χ0) is 11.6. The van der Waals surface area contributed by atoms with E-state index in [0.717, 1.165) is 13.2 Å². The summed E-state index contributed by atoms with van der Waals surface area (Å²) in [5, 5.41) is 10.3. The van der Waals surface area contributed by atoms with Crippen molar-refractivity contribution in [3.63, 3.8) is 0 Å². The summed E-state index contributed by atoms with van der Waals surface area (Å²) in [6.07, 6.45) is -2.90. The van der Waals surface area contributed by atoms with Gasteiger partial charge in [0.25, 0.3) is 6.43 Å². The highest BCUT2D eigenvalue weighted by Gasteiger charge is 2.26. The topological polar surface area (TPSA) is 91.3 Å². The number of nitrogens with zero attached hydrogens (tertiary/aromatic N) is 2. The standard InChI is InChI=1S/C7H7F2N3O3/c1-15-7-5(6(8)9)3(10)2-4(11-7)12(13)14/h2,6H,1H3,(H2,10,11). The van der Waals surface area contributed by atoms with E-state index < -0.39 is 34.3 Å². The van der Waals surface area contributed by atoms with Crippen molar-refractivity contribution in [2.75, 3.05) is 12.8 Å². The summed E-state index contributed by atoms with van der Waals surface area (Å²) in [7, 11) is 1.08. The molecule has 1 aromatic rings. The summed E-state index contributed by atoms with van der Waals surface area (Å²) in [6.45, 7) is 0. The van der Waals surface area contributed by atoms with Gasteiger partial charge < -0.3 is 20.6 Å². The molecule has 82 valence electrons. The van der Waals surface area contributed by atoms with Gasteiger partial charge in [-0.05, 0) is 4.92 Å². The van der Waals surface area contributed by atoms with Gasteiger partial charge in [-0.15, -0.1) is 0 Å². The van der Waals surface area contributed by atoms with Crippen molar-refractivity contribution in [3.8, 4) is 5.88 Å². The van der Waals surface area contributed by atoms with Crippen LogP contribution in [0.3, 0.4) is 0 Å². The Hall–Kier alpha value is -1.99. The van der Waals surface area contributed by atoms with Crippen LogP contribution in [-0.2, 0) is 0 Å². The molecule has 0 aromatic carbocycles. The minimum Gasteiger partial charge on any atom is -0.462 e. The molecule has 6 nitrogen and oxygen atoms in total. The molecule has 0 aliphatic heterocycles. The summed E-state index contributed by atoms with van der Waals surface area (Å²) in [5.74, 6) is -1.16. The normalized spacial score (nSPS) is 10.4. The Balaban J connectivity index is 3.37. The fraction of sp³-hybridized carbons (Fsp3) is 0.286. The molecule has 0 unspecified atom stereocenters. The summed E-state index contributed by atoms with van der Waals surface area (Å²) in [4.78, 5) is 12.8. The van der Waals surface area contributed by atoms with Crippen molar-refractivity contribution in [2.24, 2.45) is 0 Å². The molecule has 1 aromatic heterocycles. The fourth-order valence-corrected chi connectivity index (χ4v) is 1.01. The Morgan fingerprint density at radius 3 is 2.67 bits per heavy atom. The van der Waals surface area contributed by atoms with E-state index in [4.69, 9.17) is 5.73 Å². The minimum atomic E-state index is -2.90. The van der Waals surface area contributed by atoms with E-state index in [0.29, 0.717) is 0 Å². The van der Waals surface area contributed by atoms with Gasteiger partial charge >= 0.3 is 11.7 Å². The Morgan fingerprint density at radius 1 is 1.67 bits per heavy atom. The van der Waals surface area contributed by atoms with Crippen molar-refractivity contribution in [1.29, 1.82) is 0 Å². The first-order chi connectivity index (χ1) is 6.97. The summed E-state index contributed by atoms with van der Waals surface area (Å²) >= 11 is 0. The number of anilines is 1. The maximum atomic E-state index is 12.4. The number of hydrogen-bond acceptors (Lipinski definition) is 5. The quantitative estimate of drug-likeness (QED) is 0.614. The number of methoxy groups -OCH3 is 1. The summed E-state index contributed by atoms with van der Waals surface area (Å²) in [6, 6.07) is 0.768. The van der Waals surface area contributed by atoms with Crippen LogP contribution in [0.25, 0.3) is 0 Å². The second-order valence-corrected chi connectivity index (χ2v) is 2.55. The van der Waals surface area contributed by atoms with Crippen molar-refractivity contribution in [2.45, 2.75) is 6.43 Å². The third kappa shape index (κ3) is 2.09. The van der Waals surface area contributed by atoms with Crippen LogP contribution in [0.4, 0.5) is 20.3 Å². The molecular weight excluding hydrogens is 212 g/mol. The van der Waals surface area contributed by atoms with Crippen LogP contribution in [0.2, 0.25) is 0 Å². The second kappa shape index (κ2) is 4.03. The van der Waals surface area contributed by atoms with Gasteiger partial charge in [0.2, 0.25) is 0 Å². The molecule has 0 saturated carbocycles. The van der Waals surface area contributed by atoms with E-state index >= 15 is 0 Å². The van der Waals surface area contributed by atoms with Gasteiger partial charge in [0.1, 0.15) is 5.56 Å². The van der Waals surface area contributed by atoms with Crippen LogP contribution in [0.5, 0.6) is 5.88 Å². The lowest BCUT2D eigenvalue weighted by Crippen LogP contribution is -2.04. The van der Waals surface area contributed by atoms with Crippen LogP contribution in [0, 0.1) is 10.1 Å². The van der Waals surface area contributed by atoms with Crippen molar-refractivity contribution < 1.29 is 18.4 Å². The molecule has 0 fully saturated rings. The van der Waals surface area contributed by atoms with Gasteiger partial charge in [0.15, 0.2) is 0 Å². The molecule has 0 radical (unpaired) electrons. The van der Waals surface area contributed by atoms with E-state index in [-0.39, 0.29) is 0 Å². The van der Waals surface area contributed by atoms with Crippen LogP contribution in [-0.4, -0.2) is 17.0 Å². The number of aromatic nitrogens is 1. The zero-order valence-corrected chi connectivity index (χ0v) is 7.61. The van der Waals surface area contributed by atoms with Crippen LogP contribution < -0.4 is 10.5 Å². The van der Waals surface area contributed by atoms with Gasteiger partial charge in [-0.1, -0.05) is 0 Å². The smallest absolute Gasteiger partial charge is 0.369 e. The predicted octanol–water partition coefficient (Wildman–Crippen LogP) is 1.52. The molecule has 1 rings (SSSR count). The monoisotopic (exact) mass is 219 g/mol. The highest BCUT2D eigenvalue weighted by molar-refractivity contribution is 5.56. The third-order valence-corrected chi connectivity index (χ3v) is 1.64. The second-order valence-electron chi connectivity index (χ2n) is 2.55. The highest BCUT2D eigenvalue weighted by Crippen LogP contribution is 2.34. The van der Waals surface area contributed by atoms with Gasteiger partial charge in [-0.2, -0.15) is 0 Å². The number of alkyl halides is 2. The van der Waals surface area contributed by atoms with E-state index in [1.54, 1.807) is 0 Å². The summed E-state index contributed by atoms with van der Waals surface area (Å²) in [5.41, 5.74) is 4.18. The van der Waals surface area contributed by atoms with E-state index in [1.807, 2.05) is 0 Å². The molecule has 0 bridgehead atoms. The first-order valence-corrected chi connectivity index (χ1v) is 3.74. The Labute approximate surface area is 82.8 Å². The molecule has 0 amide bonds. The molecule has 0 aliphatic carbocycles. The van der Waals surface area contributed by atoms with Crippen LogP contribution in [0.1, 0.15) is 12.0 Å². The first-order valence-electron chi connectivity index (χ1n) is 3.74. The lowest BCUT2D eigenvalue weighted by atomic mass is 10.2.